The molecular weight excluding hydrogens is 575 g/mol. The standard InChI is InChI=1S/C33H32F3N3O3S/c1-4-42-29-13-12-23(34)17-28(29)39-27(16-20(2)3)24(32(40)38-14-6-5-7-15-38)18-25(33(39)41)31-37-26(19-43-31)21-8-10-22(11-9-21)30(35)36/h8-13,16-19,30H,4-7,14-15H2,1-3H3. The number of halogens is 3. The van der Waals surface area contributed by atoms with Crippen molar-refractivity contribution in [2.24, 2.45) is 0 Å². The summed E-state index contributed by atoms with van der Waals surface area (Å²) in [4.78, 5) is 34.9. The third-order valence-electron chi connectivity index (χ3n) is 7.19. The summed E-state index contributed by atoms with van der Waals surface area (Å²) in [5, 5.41) is 2.08. The van der Waals surface area contributed by atoms with Crippen molar-refractivity contribution in [1.82, 2.24) is 14.5 Å². The van der Waals surface area contributed by atoms with Crippen molar-refractivity contribution in [3.05, 3.63) is 92.5 Å². The monoisotopic (exact) mass is 607 g/mol. The van der Waals surface area contributed by atoms with Crippen LogP contribution in [0.25, 0.3) is 33.6 Å². The summed E-state index contributed by atoms with van der Waals surface area (Å²) in [6.45, 7) is 6.99. The van der Waals surface area contributed by atoms with E-state index in [-0.39, 0.29) is 29.3 Å². The van der Waals surface area contributed by atoms with Crippen LogP contribution in [0.3, 0.4) is 0 Å². The third-order valence-corrected chi connectivity index (χ3v) is 8.07. The quantitative estimate of drug-likeness (QED) is 0.203. The van der Waals surface area contributed by atoms with E-state index in [9.17, 15) is 22.8 Å². The number of piperidine rings is 1. The molecule has 1 fully saturated rings. The van der Waals surface area contributed by atoms with Crippen molar-refractivity contribution in [1.29, 1.82) is 0 Å². The van der Waals surface area contributed by atoms with E-state index in [0.717, 1.165) is 24.8 Å². The van der Waals surface area contributed by atoms with E-state index >= 15 is 0 Å². The SMILES string of the molecule is CCOc1ccc(F)cc1-n1c(C=C(C)C)c(C(=O)N2CCCCC2)cc(-c2nc(-c3ccc(C(F)F)cc3)cs2)c1=O. The van der Waals surface area contributed by atoms with Gasteiger partial charge in [-0.25, -0.2) is 18.2 Å². The second-order valence-electron chi connectivity index (χ2n) is 10.6. The Hall–Kier alpha value is -4.18. The molecule has 0 unspecified atom stereocenters. The highest BCUT2D eigenvalue weighted by Crippen LogP contribution is 2.33. The summed E-state index contributed by atoms with van der Waals surface area (Å²) in [5.74, 6) is -0.496. The van der Waals surface area contributed by atoms with Crippen LogP contribution >= 0.6 is 11.3 Å². The molecule has 0 N–H and O–H groups in total. The topological polar surface area (TPSA) is 64.4 Å². The fraction of sp³-hybridized carbons (Fsp3) is 0.303. The van der Waals surface area contributed by atoms with Gasteiger partial charge < -0.3 is 9.64 Å². The van der Waals surface area contributed by atoms with Gasteiger partial charge >= 0.3 is 0 Å². The Morgan fingerprint density at radius 1 is 1.07 bits per heavy atom. The number of thiazole rings is 1. The summed E-state index contributed by atoms with van der Waals surface area (Å²) in [6.07, 6.45) is 1.97. The molecule has 4 aromatic rings. The largest absolute Gasteiger partial charge is 0.492 e. The average Bonchev–Trinajstić information content (AvgIpc) is 3.48. The lowest BCUT2D eigenvalue weighted by Crippen LogP contribution is -2.37. The second kappa shape index (κ2) is 13.0. The molecule has 6 nitrogen and oxygen atoms in total. The van der Waals surface area contributed by atoms with Crippen molar-refractivity contribution in [2.45, 2.75) is 46.5 Å². The van der Waals surface area contributed by atoms with Gasteiger partial charge in [-0.1, -0.05) is 29.8 Å². The number of hydrogen-bond acceptors (Lipinski definition) is 5. The van der Waals surface area contributed by atoms with Crippen LogP contribution in [0.1, 0.15) is 68.1 Å². The van der Waals surface area contributed by atoms with Crippen LogP contribution in [-0.4, -0.2) is 40.1 Å². The normalized spacial score (nSPS) is 13.3. The van der Waals surface area contributed by atoms with Crippen molar-refractivity contribution in [3.8, 4) is 33.3 Å². The van der Waals surface area contributed by atoms with Gasteiger partial charge in [-0.05, 0) is 64.3 Å². The maximum Gasteiger partial charge on any atom is 0.266 e. The molecule has 43 heavy (non-hydrogen) atoms. The molecule has 5 rings (SSSR count). The summed E-state index contributed by atoms with van der Waals surface area (Å²) in [6, 6.07) is 11.3. The first-order valence-electron chi connectivity index (χ1n) is 14.2. The number of pyridine rings is 1. The lowest BCUT2D eigenvalue weighted by atomic mass is 10.0. The first-order chi connectivity index (χ1) is 20.7. The fourth-order valence-corrected chi connectivity index (χ4v) is 5.99. The molecule has 10 heteroatoms. The van der Waals surface area contributed by atoms with Gasteiger partial charge in [0, 0.05) is 35.7 Å². The van der Waals surface area contributed by atoms with E-state index in [1.54, 1.807) is 41.5 Å². The van der Waals surface area contributed by atoms with Crippen LogP contribution in [0.5, 0.6) is 5.75 Å². The van der Waals surface area contributed by atoms with Crippen LogP contribution in [0.2, 0.25) is 0 Å². The maximum atomic E-state index is 14.7. The Balaban J connectivity index is 1.76. The van der Waals surface area contributed by atoms with Gasteiger partial charge in [-0.2, -0.15) is 0 Å². The number of rotatable bonds is 8. The first-order valence-corrected chi connectivity index (χ1v) is 15.1. The molecule has 224 valence electrons. The third kappa shape index (κ3) is 6.44. The molecule has 1 amide bonds. The lowest BCUT2D eigenvalue weighted by Gasteiger charge is -2.28. The Bertz CT molecular complexity index is 1720. The molecule has 2 aromatic carbocycles. The molecule has 2 aromatic heterocycles. The van der Waals surface area contributed by atoms with E-state index in [1.165, 1.54) is 46.2 Å². The average molecular weight is 608 g/mol. The van der Waals surface area contributed by atoms with Gasteiger partial charge in [0.05, 0.1) is 34.8 Å². The van der Waals surface area contributed by atoms with Crippen molar-refractivity contribution < 1.29 is 22.7 Å². The molecule has 1 aliphatic heterocycles. The minimum Gasteiger partial charge on any atom is -0.492 e. The van der Waals surface area contributed by atoms with Crippen LogP contribution < -0.4 is 10.3 Å². The number of nitrogens with zero attached hydrogens (tertiary/aromatic N) is 3. The Labute approximate surface area is 252 Å². The highest BCUT2D eigenvalue weighted by Gasteiger charge is 2.27. The van der Waals surface area contributed by atoms with Gasteiger partial charge in [-0.3, -0.25) is 14.2 Å². The summed E-state index contributed by atoms with van der Waals surface area (Å²) < 4.78 is 48.0. The Morgan fingerprint density at radius 3 is 2.44 bits per heavy atom. The number of alkyl halides is 2. The first kappa shape index (κ1) is 30.3. The number of amides is 1. The zero-order chi connectivity index (χ0) is 30.7. The number of likely N-dealkylation sites (tertiary alicyclic amines) is 1. The Morgan fingerprint density at radius 2 is 1.79 bits per heavy atom. The zero-order valence-electron chi connectivity index (χ0n) is 24.2. The van der Waals surface area contributed by atoms with E-state index in [1.807, 2.05) is 13.8 Å². The highest BCUT2D eigenvalue weighted by atomic mass is 32.1. The van der Waals surface area contributed by atoms with Gasteiger partial charge in [0.2, 0.25) is 0 Å². The molecule has 0 saturated carbocycles. The number of hydrogen-bond donors (Lipinski definition) is 0. The lowest BCUT2D eigenvalue weighted by molar-refractivity contribution is 0.0723. The zero-order valence-corrected chi connectivity index (χ0v) is 25.0. The van der Waals surface area contributed by atoms with E-state index < -0.39 is 17.8 Å². The van der Waals surface area contributed by atoms with E-state index in [0.29, 0.717) is 46.4 Å². The molecule has 1 saturated heterocycles. The van der Waals surface area contributed by atoms with E-state index in [2.05, 4.69) is 4.98 Å². The predicted octanol–water partition coefficient (Wildman–Crippen LogP) is 8.15. The molecule has 0 aliphatic carbocycles. The predicted molar refractivity (Wildman–Crippen MR) is 164 cm³/mol. The summed E-state index contributed by atoms with van der Waals surface area (Å²) in [7, 11) is 0. The molecular formula is C33H32F3N3O3S. The van der Waals surface area contributed by atoms with Crippen LogP contribution in [0.4, 0.5) is 13.2 Å². The molecule has 0 spiro atoms. The second-order valence-corrected chi connectivity index (χ2v) is 11.4. The van der Waals surface area contributed by atoms with Crippen molar-refractivity contribution in [2.75, 3.05) is 19.7 Å². The van der Waals surface area contributed by atoms with E-state index in [4.69, 9.17) is 4.74 Å². The summed E-state index contributed by atoms with van der Waals surface area (Å²) in [5.41, 5.74) is 2.32. The molecule has 1 aliphatic rings. The summed E-state index contributed by atoms with van der Waals surface area (Å²) >= 11 is 1.20. The smallest absolute Gasteiger partial charge is 0.266 e. The minimum absolute atomic E-state index is 0.0991. The number of carbonyl (C=O) groups excluding carboxylic acids is 1. The number of allylic oxidation sites excluding steroid dienone is 1. The van der Waals surface area contributed by atoms with Gasteiger partial charge in [0.1, 0.15) is 16.6 Å². The van der Waals surface area contributed by atoms with Crippen LogP contribution in [-0.2, 0) is 0 Å². The molecule has 0 atom stereocenters. The van der Waals surface area contributed by atoms with Gasteiger partial charge in [0.15, 0.2) is 0 Å². The highest BCUT2D eigenvalue weighted by molar-refractivity contribution is 7.13. The molecule has 0 bridgehead atoms. The van der Waals surface area contributed by atoms with Gasteiger partial charge in [-0.15, -0.1) is 11.3 Å². The van der Waals surface area contributed by atoms with Crippen LogP contribution in [0.15, 0.2) is 64.3 Å². The maximum absolute atomic E-state index is 14.7. The number of aromatic nitrogens is 2. The molecule has 3 heterocycles. The van der Waals surface area contributed by atoms with Crippen molar-refractivity contribution in [3.63, 3.8) is 0 Å². The molecule has 0 radical (unpaired) electrons. The number of carbonyl (C=O) groups is 1. The van der Waals surface area contributed by atoms with Gasteiger partial charge in [0.25, 0.3) is 17.9 Å². The minimum atomic E-state index is -2.59. The number of benzene rings is 2. The number of ether oxygens (including phenoxy) is 1. The van der Waals surface area contributed by atoms with Crippen LogP contribution in [0, 0.1) is 5.82 Å². The Kier molecular flexibility index (Phi) is 9.15. The fourth-order valence-electron chi connectivity index (χ4n) is 5.15. The van der Waals surface area contributed by atoms with Crippen molar-refractivity contribution >= 4 is 23.3 Å².